The van der Waals surface area contributed by atoms with E-state index >= 15 is 0 Å². The van der Waals surface area contributed by atoms with Crippen LogP contribution in [-0.2, 0) is 12.8 Å². The molecule has 4 rings (SSSR count). The van der Waals surface area contributed by atoms with Crippen molar-refractivity contribution in [1.29, 1.82) is 0 Å². The summed E-state index contributed by atoms with van der Waals surface area (Å²) in [5.74, 6) is 2.41. The molecule has 0 heteroatoms. The van der Waals surface area contributed by atoms with Crippen LogP contribution in [0.2, 0.25) is 0 Å². The van der Waals surface area contributed by atoms with Gasteiger partial charge in [-0.2, -0.15) is 0 Å². The summed E-state index contributed by atoms with van der Waals surface area (Å²) in [6, 6.07) is 16.6. The van der Waals surface area contributed by atoms with Gasteiger partial charge in [-0.3, -0.25) is 0 Å². The lowest BCUT2D eigenvalue weighted by Crippen LogP contribution is -2.13. The summed E-state index contributed by atoms with van der Waals surface area (Å²) in [5, 5.41) is 0. The second-order valence-corrected chi connectivity index (χ2v) is 9.22. The summed E-state index contributed by atoms with van der Waals surface area (Å²) < 4.78 is 0. The van der Waals surface area contributed by atoms with Gasteiger partial charge >= 0.3 is 0 Å². The second-order valence-electron chi connectivity index (χ2n) is 9.22. The summed E-state index contributed by atoms with van der Waals surface area (Å²) in [4.78, 5) is 0. The Morgan fingerprint density at radius 3 is 2.38 bits per heavy atom. The highest BCUT2D eigenvalue weighted by Crippen LogP contribution is 2.38. The number of fused-ring (bicyclic) bond motifs is 1. The third-order valence-corrected chi connectivity index (χ3v) is 7.28. The van der Waals surface area contributed by atoms with E-state index in [1.165, 1.54) is 68.9 Å². The van der Waals surface area contributed by atoms with Crippen molar-refractivity contribution in [1.82, 2.24) is 0 Å². The maximum Gasteiger partial charge on any atom is -0.0162 e. The van der Waals surface area contributed by atoms with Gasteiger partial charge in [-0.1, -0.05) is 60.7 Å². The fourth-order valence-electron chi connectivity index (χ4n) is 5.48. The minimum Gasteiger partial charge on any atom is -0.103 e. The van der Waals surface area contributed by atoms with Crippen molar-refractivity contribution in [3.63, 3.8) is 0 Å². The Bertz CT molecular complexity index is 831. The van der Waals surface area contributed by atoms with E-state index in [1.54, 1.807) is 16.7 Å². The van der Waals surface area contributed by atoms with Gasteiger partial charge in [0, 0.05) is 0 Å². The lowest BCUT2D eigenvalue weighted by molar-refractivity contribution is 0.312. The highest BCUT2D eigenvalue weighted by atomic mass is 14.3. The highest BCUT2D eigenvalue weighted by molar-refractivity contribution is 5.65. The predicted molar refractivity (Wildman–Crippen MR) is 126 cm³/mol. The van der Waals surface area contributed by atoms with Gasteiger partial charge in [0.25, 0.3) is 0 Å². The summed E-state index contributed by atoms with van der Waals surface area (Å²) in [6.07, 6.45) is 18.4. The molecule has 0 aliphatic heterocycles. The van der Waals surface area contributed by atoms with E-state index in [2.05, 4.69) is 74.2 Å². The first kappa shape index (κ1) is 20.2. The zero-order chi connectivity index (χ0) is 20.1. The summed E-state index contributed by atoms with van der Waals surface area (Å²) in [7, 11) is 0. The quantitative estimate of drug-likeness (QED) is 0.440. The van der Waals surface area contributed by atoms with E-state index in [-0.39, 0.29) is 0 Å². The molecule has 0 amide bonds. The van der Waals surface area contributed by atoms with E-state index in [0.29, 0.717) is 0 Å². The Kier molecular flexibility index (Phi) is 6.70. The van der Waals surface area contributed by atoms with E-state index in [9.17, 15) is 0 Å². The monoisotopic (exact) mass is 384 g/mol. The first-order valence-corrected chi connectivity index (χ1v) is 11.7. The molecule has 0 nitrogen and oxygen atoms in total. The Balaban J connectivity index is 1.40. The van der Waals surface area contributed by atoms with Crippen LogP contribution >= 0.6 is 0 Å². The van der Waals surface area contributed by atoms with Crippen LogP contribution in [0.25, 0.3) is 11.1 Å². The van der Waals surface area contributed by atoms with Gasteiger partial charge in [0.2, 0.25) is 0 Å². The molecule has 0 aromatic heterocycles. The molecule has 0 saturated heterocycles. The largest absolute Gasteiger partial charge is 0.103 e. The van der Waals surface area contributed by atoms with Gasteiger partial charge in [-0.25, -0.2) is 0 Å². The van der Waals surface area contributed by atoms with Crippen molar-refractivity contribution < 1.29 is 0 Å². The average molecular weight is 385 g/mol. The van der Waals surface area contributed by atoms with Crippen LogP contribution in [0.3, 0.4) is 0 Å². The Labute approximate surface area is 177 Å². The van der Waals surface area contributed by atoms with Gasteiger partial charge in [-0.05, 0) is 110 Å². The third kappa shape index (κ3) is 4.92. The molecule has 2 aromatic carbocycles. The molecule has 2 aromatic rings. The Hall–Kier alpha value is -2.08. The first-order valence-electron chi connectivity index (χ1n) is 11.7. The van der Waals surface area contributed by atoms with Crippen LogP contribution in [0.1, 0.15) is 74.5 Å². The van der Waals surface area contributed by atoms with Gasteiger partial charge < -0.3 is 0 Å². The normalized spacial score (nSPS) is 24.4. The van der Waals surface area contributed by atoms with Crippen LogP contribution in [0.15, 0.2) is 67.3 Å². The standard InChI is InChI=1S/C29H36/c1-3-5-7-22-8-11-24(12-9-22)25-14-16-26(17-15-25)28-19-18-27-20-23(6-4-2)10-13-29(27)21-28/h3-4,6,14-19,21-24H,1,5,7-13,20H2,2H3/b6-4+. The van der Waals surface area contributed by atoms with E-state index in [4.69, 9.17) is 0 Å². The predicted octanol–water partition coefficient (Wildman–Crippen LogP) is 8.27. The molecule has 1 saturated carbocycles. The molecule has 0 bridgehead atoms. The maximum atomic E-state index is 3.87. The smallest absolute Gasteiger partial charge is 0.0162 e. The summed E-state index contributed by atoms with van der Waals surface area (Å²) in [5.41, 5.74) is 7.40. The molecule has 1 fully saturated rings. The number of aryl methyl sites for hydroxylation is 1. The van der Waals surface area contributed by atoms with Crippen molar-refractivity contribution in [3.8, 4) is 11.1 Å². The number of rotatable bonds is 6. The van der Waals surface area contributed by atoms with Gasteiger partial charge in [0.1, 0.15) is 0 Å². The van der Waals surface area contributed by atoms with E-state index in [0.717, 1.165) is 17.8 Å². The molecular formula is C29H36. The summed E-state index contributed by atoms with van der Waals surface area (Å²) >= 11 is 0. The van der Waals surface area contributed by atoms with Crippen molar-refractivity contribution in [2.24, 2.45) is 11.8 Å². The zero-order valence-corrected chi connectivity index (χ0v) is 18.1. The molecule has 29 heavy (non-hydrogen) atoms. The molecule has 2 aliphatic carbocycles. The molecule has 2 aliphatic rings. The fourth-order valence-corrected chi connectivity index (χ4v) is 5.48. The average Bonchev–Trinajstić information content (AvgIpc) is 2.78. The number of allylic oxidation sites excluding steroid dienone is 3. The molecule has 1 unspecified atom stereocenters. The van der Waals surface area contributed by atoms with Gasteiger partial charge in [0.15, 0.2) is 0 Å². The van der Waals surface area contributed by atoms with Crippen LogP contribution in [0, 0.1) is 11.8 Å². The minimum atomic E-state index is 0.726. The van der Waals surface area contributed by atoms with E-state index < -0.39 is 0 Å². The van der Waals surface area contributed by atoms with Crippen LogP contribution in [-0.4, -0.2) is 0 Å². The molecule has 1 atom stereocenters. The van der Waals surface area contributed by atoms with Crippen molar-refractivity contribution in [2.75, 3.05) is 0 Å². The number of hydrogen-bond acceptors (Lipinski definition) is 0. The maximum absolute atomic E-state index is 3.87. The highest BCUT2D eigenvalue weighted by Gasteiger charge is 2.22. The van der Waals surface area contributed by atoms with Gasteiger partial charge in [0.05, 0.1) is 0 Å². The number of benzene rings is 2. The SMILES string of the molecule is C=CCCC1CCC(c2ccc(-c3ccc4c(c3)CCC(/C=C/C)C4)cc2)CC1. The first-order chi connectivity index (χ1) is 14.3. The Morgan fingerprint density at radius 2 is 1.66 bits per heavy atom. The van der Waals surface area contributed by atoms with Crippen molar-refractivity contribution in [2.45, 2.75) is 70.6 Å². The Morgan fingerprint density at radius 1 is 0.897 bits per heavy atom. The molecular weight excluding hydrogens is 348 g/mol. The van der Waals surface area contributed by atoms with Crippen LogP contribution < -0.4 is 0 Å². The molecule has 0 radical (unpaired) electrons. The van der Waals surface area contributed by atoms with Gasteiger partial charge in [-0.15, -0.1) is 6.58 Å². The molecule has 0 N–H and O–H groups in total. The lowest BCUT2D eigenvalue weighted by Gasteiger charge is -2.28. The zero-order valence-electron chi connectivity index (χ0n) is 18.1. The number of hydrogen-bond donors (Lipinski definition) is 0. The minimum absolute atomic E-state index is 0.726. The lowest BCUT2D eigenvalue weighted by atomic mass is 9.77. The topological polar surface area (TPSA) is 0 Å². The van der Waals surface area contributed by atoms with Crippen molar-refractivity contribution >= 4 is 0 Å². The second kappa shape index (κ2) is 9.61. The summed E-state index contributed by atoms with van der Waals surface area (Å²) in [6.45, 7) is 6.01. The molecule has 0 heterocycles. The van der Waals surface area contributed by atoms with E-state index in [1.807, 2.05) is 0 Å². The molecule has 152 valence electrons. The molecule has 0 spiro atoms. The van der Waals surface area contributed by atoms with Crippen LogP contribution in [0.5, 0.6) is 0 Å². The van der Waals surface area contributed by atoms with Crippen LogP contribution in [0.4, 0.5) is 0 Å². The fraction of sp³-hybridized carbons (Fsp3) is 0.448. The van der Waals surface area contributed by atoms with Crippen molar-refractivity contribution in [3.05, 3.63) is 84.0 Å². The third-order valence-electron chi connectivity index (χ3n) is 7.28.